The lowest BCUT2D eigenvalue weighted by Crippen LogP contribution is -2.74. The fourth-order valence-corrected chi connectivity index (χ4v) is 6.87. The molecule has 2 aromatic rings. The number of aliphatic hydroxyl groups is 1. The first kappa shape index (κ1) is 27.4. The number of likely N-dealkylation sites (N-methyl/N-ethyl adjacent to an activating group) is 1. The minimum Gasteiger partial charge on any atom is -0.507 e. The van der Waals surface area contributed by atoms with Crippen LogP contribution in [-0.2, 0) is 25.6 Å². The van der Waals surface area contributed by atoms with Gasteiger partial charge in [0.15, 0.2) is 40.9 Å². The van der Waals surface area contributed by atoms with Gasteiger partial charge in [-0.3, -0.25) is 33.7 Å². The molecule has 11 nitrogen and oxygen atoms in total. The highest BCUT2D eigenvalue weighted by atomic mass is 16.5. The van der Waals surface area contributed by atoms with Crippen LogP contribution in [-0.4, -0.2) is 83.3 Å². The number of ketones is 4. The predicted octanol–water partition coefficient (Wildman–Crippen LogP) is 0.355. The van der Waals surface area contributed by atoms with Gasteiger partial charge >= 0.3 is 0 Å². The van der Waals surface area contributed by atoms with Crippen LogP contribution in [0, 0.1) is 23.7 Å². The second-order valence-corrected chi connectivity index (χ2v) is 10.8. The Labute approximate surface area is 228 Å². The molecule has 5 rings (SSSR count). The number of phenolic OH excluding ortho intramolecular Hbond substituents is 1. The first-order valence-corrected chi connectivity index (χ1v) is 12.7. The second kappa shape index (κ2) is 9.46. The Morgan fingerprint density at radius 3 is 2.38 bits per heavy atom. The number of nitrogens with two attached hydrogens (primary N) is 1. The number of phenols is 1. The van der Waals surface area contributed by atoms with Crippen molar-refractivity contribution in [3.8, 4) is 22.6 Å². The van der Waals surface area contributed by atoms with E-state index >= 15 is 0 Å². The summed E-state index contributed by atoms with van der Waals surface area (Å²) in [6, 6.07) is 6.51. The third-order valence-electron chi connectivity index (χ3n) is 8.62. The van der Waals surface area contributed by atoms with Crippen molar-refractivity contribution < 1.29 is 43.7 Å². The van der Waals surface area contributed by atoms with Crippen molar-refractivity contribution in [3.05, 3.63) is 47.0 Å². The Hall–Kier alpha value is -4.22. The lowest BCUT2D eigenvalue weighted by molar-refractivity contribution is -0.181. The molecule has 2 fully saturated rings. The molecule has 2 unspecified atom stereocenters. The summed E-state index contributed by atoms with van der Waals surface area (Å²) in [5, 5.41) is 22.4. The molecular weight excluding hydrogens is 520 g/mol. The van der Waals surface area contributed by atoms with Gasteiger partial charge in [0.1, 0.15) is 11.5 Å². The maximum atomic E-state index is 13.9. The van der Waals surface area contributed by atoms with Crippen LogP contribution in [0.2, 0.25) is 0 Å². The largest absolute Gasteiger partial charge is 0.507 e. The molecule has 6 atom stereocenters. The summed E-state index contributed by atoms with van der Waals surface area (Å²) < 4.78 is 5.21. The van der Waals surface area contributed by atoms with Crippen LogP contribution in [0.4, 0.5) is 0 Å². The zero-order chi connectivity index (χ0) is 29.3. The molecule has 0 spiro atoms. The molecule has 1 amide bonds. The van der Waals surface area contributed by atoms with Gasteiger partial charge in [-0.1, -0.05) is 6.07 Å². The molecule has 0 bridgehead atoms. The summed E-state index contributed by atoms with van der Waals surface area (Å²) in [4.78, 5) is 79.8. The molecule has 0 heterocycles. The summed E-state index contributed by atoms with van der Waals surface area (Å²) in [6.45, 7) is 0. The molecule has 40 heavy (non-hydrogen) atoms. The van der Waals surface area contributed by atoms with Crippen LogP contribution in [0.1, 0.15) is 32.7 Å². The van der Waals surface area contributed by atoms with E-state index in [4.69, 9.17) is 10.5 Å². The summed E-state index contributed by atoms with van der Waals surface area (Å²) in [5.41, 5.74) is 4.07. The lowest BCUT2D eigenvalue weighted by Gasteiger charge is -2.52. The third-order valence-corrected chi connectivity index (χ3v) is 8.62. The number of hydrogen-bond donors (Lipinski definition) is 3. The van der Waals surface area contributed by atoms with Gasteiger partial charge < -0.3 is 20.7 Å². The Bertz CT molecular complexity index is 1510. The lowest BCUT2D eigenvalue weighted by atomic mass is 9.52. The van der Waals surface area contributed by atoms with Gasteiger partial charge in [0.2, 0.25) is 5.91 Å². The number of carbonyl (C=O) groups excluding carboxylic acids is 6. The molecule has 2 saturated carbocycles. The van der Waals surface area contributed by atoms with Crippen molar-refractivity contribution in [2.75, 3.05) is 21.2 Å². The molecular formula is C29H28N2O9. The van der Waals surface area contributed by atoms with E-state index in [-0.39, 0.29) is 24.0 Å². The van der Waals surface area contributed by atoms with E-state index in [0.29, 0.717) is 28.7 Å². The van der Waals surface area contributed by atoms with Gasteiger partial charge in [-0.25, -0.2) is 0 Å². The molecule has 0 aromatic heterocycles. The number of aromatic hydroxyl groups is 1. The number of fused-ring (bicyclic) bond motifs is 3. The average Bonchev–Trinajstić information content (AvgIpc) is 2.90. The number of rotatable bonds is 5. The molecule has 3 aliphatic carbocycles. The van der Waals surface area contributed by atoms with Crippen molar-refractivity contribution >= 4 is 35.3 Å². The number of ether oxygens (including phenoxy) is 1. The summed E-state index contributed by atoms with van der Waals surface area (Å²) in [6.07, 6.45) is 0.660. The SMILES string of the molecule is COc1ccc(-c2ccc(O)c3c2C[C@H]2C[C@H]4[C@H](N(C)C)C(=O)C(C(N)=O)C(=O)[C@@]4(O)C(=O)C2C3=O)c(C=O)c1. The van der Waals surface area contributed by atoms with Gasteiger partial charge in [0.05, 0.1) is 24.6 Å². The van der Waals surface area contributed by atoms with E-state index < -0.39 is 70.1 Å². The first-order chi connectivity index (χ1) is 18.9. The van der Waals surface area contributed by atoms with Gasteiger partial charge in [-0.15, -0.1) is 0 Å². The average molecular weight is 549 g/mol. The van der Waals surface area contributed by atoms with Crippen LogP contribution in [0.25, 0.3) is 11.1 Å². The monoisotopic (exact) mass is 548 g/mol. The second-order valence-electron chi connectivity index (χ2n) is 10.8. The van der Waals surface area contributed by atoms with E-state index in [1.54, 1.807) is 18.2 Å². The van der Waals surface area contributed by atoms with Crippen LogP contribution < -0.4 is 10.5 Å². The maximum Gasteiger partial charge on any atom is 0.235 e. The van der Waals surface area contributed by atoms with Gasteiger partial charge in [0, 0.05) is 11.5 Å². The zero-order valence-corrected chi connectivity index (χ0v) is 22.0. The van der Waals surface area contributed by atoms with E-state index in [1.807, 2.05) is 0 Å². The van der Waals surface area contributed by atoms with E-state index in [1.165, 1.54) is 38.2 Å². The Balaban J connectivity index is 1.67. The number of primary amides is 1. The molecule has 2 aromatic carbocycles. The normalized spacial score (nSPS) is 29.5. The van der Waals surface area contributed by atoms with Crippen molar-refractivity contribution in [1.29, 1.82) is 0 Å². The smallest absolute Gasteiger partial charge is 0.235 e. The molecule has 208 valence electrons. The minimum absolute atomic E-state index is 0.0673. The van der Waals surface area contributed by atoms with Crippen LogP contribution in [0.3, 0.4) is 0 Å². The molecule has 3 aliphatic rings. The number of hydrogen-bond acceptors (Lipinski definition) is 10. The zero-order valence-electron chi connectivity index (χ0n) is 22.0. The van der Waals surface area contributed by atoms with Gasteiger partial charge in [0.25, 0.3) is 0 Å². The number of carbonyl (C=O) groups is 6. The summed E-state index contributed by atoms with van der Waals surface area (Å²) in [7, 11) is 4.50. The fourth-order valence-electron chi connectivity index (χ4n) is 6.87. The molecule has 4 N–H and O–H groups in total. The predicted molar refractivity (Wildman–Crippen MR) is 139 cm³/mol. The van der Waals surface area contributed by atoms with Gasteiger partial charge in [-0.2, -0.15) is 0 Å². The highest BCUT2D eigenvalue weighted by Crippen LogP contribution is 2.52. The Kier molecular flexibility index (Phi) is 6.47. The maximum absolute atomic E-state index is 13.9. The molecule has 0 aliphatic heterocycles. The number of Topliss-reactive ketones (excluding diaryl/α,β-unsaturated/α-hetero) is 4. The number of aldehydes is 1. The van der Waals surface area contributed by atoms with E-state index in [2.05, 4.69) is 0 Å². The number of benzene rings is 2. The number of nitrogens with zero attached hydrogens (tertiary/aromatic N) is 1. The topological polar surface area (TPSA) is 181 Å². The Morgan fingerprint density at radius 1 is 1.10 bits per heavy atom. The van der Waals surface area contributed by atoms with Crippen LogP contribution in [0.5, 0.6) is 11.5 Å². The molecule has 0 saturated heterocycles. The molecule has 0 radical (unpaired) electrons. The van der Waals surface area contributed by atoms with Crippen molar-refractivity contribution in [2.45, 2.75) is 24.5 Å². The highest BCUT2D eigenvalue weighted by molar-refractivity contribution is 6.32. The quantitative estimate of drug-likeness (QED) is 0.348. The highest BCUT2D eigenvalue weighted by Gasteiger charge is 2.69. The first-order valence-electron chi connectivity index (χ1n) is 12.7. The number of amides is 1. The van der Waals surface area contributed by atoms with E-state index in [0.717, 1.165) is 0 Å². The van der Waals surface area contributed by atoms with Crippen LogP contribution in [0.15, 0.2) is 30.3 Å². The van der Waals surface area contributed by atoms with Crippen LogP contribution >= 0.6 is 0 Å². The van der Waals surface area contributed by atoms with E-state index in [9.17, 15) is 39.0 Å². The minimum atomic E-state index is -2.79. The van der Waals surface area contributed by atoms with Crippen molar-refractivity contribution in [1.82, 2.24) is 4.90 Å². The van der Waals surface area contributed by atoms with Crippen molar-refractivity contribution in [3.63, 3.8) is 0 Å². The Morgan fingerprint density at radius 2 is 1.77 bits per heavy atom. The van der Waals surface area contributed by atoms with Gasteiger partial charge in [-0.05, 0) is 73.8 Å². The standard InChI is InChI=1S/C29H28N2O9/c1-31(2)23-18-10-12-9-17-16(15-5-4-14(40-3)8-13(15)11-32)6-7-19(33)21(17)24(34)20(12)26(36)29(18,39)27(37)22(25(23)35)28(30)38/h4-8,11-12,18,20,22-23,33,39H,9-10H2,1-3H3,(H2,30,38)/t12-,18-,20?,22?,23-,29-/m0/s1. The molecule has 11 heteroatoms. The third kappa shape index (κ3) is 3.65. The summed E-state index contributed by atoms with van der Waals surface area (Å²) in [5.74, 6) is -10.7. The summed E-state index contributed by atoms with van der Waals surface area (Å²) >= 11 is 0. The fraction of sp³-hybridized carbons (Fsp3) is 0.379. The number of methoxy groups -OCH3 is 1. The van der Waals surface area contributed by atoms with Crippen molar-refractivity contribution in [2.24, 2.45) is 29.4 Å².